The van der Waals surface area contributed by atoms with Crippen molar-refractivity contribution in [3.05, 3.63) is 28.8 Å². The largest absolute Gasteiger partial charge is 0.507 e. The van der Waals surface area contributed by atoms with Crippen molar-refractivity contribution in [2.75, 3.05) is 13.1 Å². The second-order valence-electron chi connectivity index (χ2n) is 4.50. The summed E-state index contributed by atoms with van der Waals surface area (Å²) < 4.78 is 0. The third-order valence-electron chi connectivity index (χ3n) is 3.39. The van der Waals surface area contributed by atoms with Crippen LogP contribution in [0.15, 0.2) is 17.1 Å². The van der Waals surface area contributed by atoms with Crippen LogP contribution in [0.25, 0.3) is 0 Å². The van der Waals surface area contributed by atoms with Gasteiger partial charge in [-0.25, -0.2) is 0 Å². The molecule has 0 saturated carbocycles. The Hall–Kier alpha value is -1.51. The van der Waals surface area contributed by atoms with Gasteiger partial charge in [0.15, 0.2) is 0 Å². The number of aryl methyl sites for hydroxylation is 2. The van der Waals surface area contributed by atoms with Gasteiger partial charge in [0.05, 0.1) is 12.1 Å². The maximum atomic E-state index is 10.0. The maximum Gasteiger partial charge on any atom is 0.132 e. The van der Waals surface area contributed by atoms with E-state index >= 15 is 0 Å². The average Bonchev–Trinajstić information content (AvgIpc) is 2.81. The summed E-state index contributed by atoms with van der Waals surface area (Å²) >= 11 is 0. The van der Waals surface area contributed by atoms with Gasteiger partial charge in [0, 0.05) is 6.54 Å². The van der Waals surface area contributed by atoms with Crippen LogP contribution in [0.2, 0.25) is 0 Å². The summed E-state index contributed by atoms with van der Waals surface area (Å²) in [6, 6.07) is 4.04. The Bertz CT molecular complexity index is 451. The highest BCUT2D eigenvalue weighted by molar-refractivity contribution is 6.02. The van der Waals surface area contributed by atoms with E-state index in [-0.39, 0.29) is 0 Å². The van der Waals surface area contributed by atoms with Gasteiger partial charge >= 0.3 is 0 Å². The lowest BCUT2D eigenvalue weighted by atomic mass is 9.90. The number of phenolic OH excluding ortho intramolecular Hbond substituents is 1. The highest BCUT2D eigenvalue weighted by atomic mass is 16.3. The molecular formula is C13H16N2O. The van der Waals surface area contributed by atoms with Gasteiger partial charge in [0.1, 0.15) is 11.6 Å². The minimum Gasteiger partial charge on any atom is -0.507 e. The summed E-state index contributed by atoms with van der Waals surface area (Å²) in [6.45, 7) is 1.69. The summed E-state index contributed by atoms with van der Waals surface area (Å²) in [5.41, 5.74) is 3.57. The minimum atomic E-state index is 0.369. The molecule has 2 aliphatic rings. The molecule has 16 heavy (non-hydrogen) atoms. The second kappa shape index (κ2) is 3.81. The van der Waals surface area contributed by atoms with Crippen molar-refractivity contribution in [3.63, 3.8) is 0 Å². The molecule has 3 rings (SSSR count). The van der Waals surface area contributed by atoms with Gasteiger partial charge in [0.25, 0.3) is 0 Å². The summed E-state index contributed by atoms with van der Waals surface area (Å²) in [4.78, 5) is 4.36. The van der Waals surface area contributed by atoms with Crippen LogP contribution in [0.3, 0.4) is 0 Å². The molecule has 1 aromatic carbocycles. The third-order valence-corrected chi connectivity index (χ3v) is 3.39. The molecule has 0 saturated heterocycles. The summed E-state index contributed by atoms with van der Waals surface area (Å²) in [5, 5.41) is 13.2. The van der Waals surface area contributed by atoms with Crippen molar-refractivity contribution in [2.45, 2.75) is 25.7 Å². The van der Waals surface area contributed by atoms with E-state index in [1.54, 1.807) is 0 Å². The van der Waals surface area contributed by atoms with Crippen LogP contribution in [0.5, 0.6) is 5.75 Å². The SMILES string of the molecule is Oc1cc2c(cc1C1=NCCN1)CCCC2. The molecule has 2 N–H and O–H groups in total. The molecule has 1 aliphatic carbocycles. The Labute approximate surface area is 95.2 Å². The molecule has 1 heterocycles. The first-order valence-electron chi connectivity index (χ1n) is 5.98. The van der Waals surface area contributed by atoms with E-state index in [9.17, 15) is 5.11 Å². The Kier molecular flexibility index (Phi) is 2.31. The number of phenols is 1. The van der Waals surface area contributed by atoms with Crippen LogP contribution in [0.4, 0.5) is 0 Å². The van der Waals surface area contributed by atoms with Crippen molar-refractivity contribution in [1.29, 1.82) is 0 Å². The number of fused-ring (bicyclic) bond motifs is 1. The lowest BCUT2D eigenvalue weighted by Gasteiger charge is -2.17. The second-order valence-corrected chi connectivity index (χ2v) is 4.50. The molecular weight excluding hydrogens is 200 g/mol. The van der Waals surface area contributed by atoms with Gasteiger partial charge in [-0.15, -0.1) is 0 Å². The molecule has 3 heteroatoms. The predicted octanol–water partition coefficient (Wildman–Crippen LogP) is 1.62. The zero-order chi connectivity index (χ0) is 11.0. The van der Waals surface area contributed by atoms with Crippen LogP contribution in [0, 0.1) is 0 Å². The first-order valence-corrected chi connectivity index (χ1v) is 5.98. The van der Waals surface area contributed by atoms with E-state index in [0.717, 1.165) is 37.3 Å². The van der Waals surface area contributed by atoms with Gasteiger partial charge in [-0.2, -0.15) is 0 Å². The van der Waals surface area contributed by atoms with Crippen molar-refractivity contribution >= 4 is 5.84 Å². The molecule has 1 aliphatic heterocycles. The van der Waals surface area contributed by atoms with Crippen molar-refractivity contribution in [1.82, 2.24) is 5.32 Å². The lowest BCUT2D eigenvalue weighted by Crippen LogP contribution is -2.20. The molecule has 0 amide bonds. The first-order chi connectivity index (χ1) is 7.84. The maximum absolute atomic E-state index is 10.0. The van der Waals surface area contributed by atoms with Gasteiger partial charge in [0.2, 0.25) is 0 Å². The molecule has 1 aromatic rings. The fraction of sp³-hybridized carbons (Fsp3) is 0.462. The highest BCUT2D eigenvalue weighted by Gasteiger charge is 2.17. The minimum absolute atomic E-state index is 0.369. The monoisotopic (exact) mass is 216 g/mol. The number of hydrogen-bond acceptors (Lipinski definition) is 3. The van der Waals surface area contributed by atoms with Gasteiger partial charge < -0.3 is 10.4 Å². The fourth-order valence-corrected chi connectivity index (χ4v) is 2.54. The summed E-state index contributed by atoms with van der Waals surface area (Å²) in [6.07, 6.45) is 4.74. The molecule has 0 aromatic heterocycles. The molecule has 0 radical (unpaired) electrons. The van der Waals surface area contributed by atoms with Crippen LogP contribution in [-0.4, -0.2) is 24.0 Å². The fourth-order valence-electron chi connectivity index (χ4n) is 2.54. The normalized spacial score (nSPS) is 18.9. The topological polar surface area (TPSA) is 44.6 Å². The van der Waals surface area contributed by atoms with Crippen molar-refractivity contribution < 1.29 is 5.11 Å². The van der Waals surface area contributed by atoms with Crippen molar-refractivity contribution in [2.24, 2.45) is 4.99 Å². The Morgan fingerprint density at radius 2 is 1.88 bits per heavy atom. The zero-order valence-corrected chi connectivity index (χ0v) is 9.29. The van der Waals surface area contributed by atoms with Crippen LogP contribution in [0.1, 0.15) is 29.5 Å². The number of aromatic hydroxyl groups is 1. The molecule has 0 spiro atoms. The molecule has 0 atom stereocenters. The Balaban J connectivity index is 2.05. The quantitative estimate of drug-likeness (QED) is 0.749. The zero-order valence-electron chi connectivity index (χ0n) is 9.29. The number of aliphatic imine (C=N–C) groups is 1. The number of rotatable bonds is 1. The smallest absolute Gasteiger partial charge is 0.132 e. The average molecular weight is 216 g/mol. The molecule has 3 nitrogen and oxygen atoms in total. The number of nitrogens with one attached hydrogen (secondary N) is 1. The molecule has 84 valence electrons. The standard InChI is InChI=1S/C13H16N2O/c16-12-8-10-4-2-1-3-9(10)7-11(12)13-14-5-6-15-13/h7-8,16H,1-6H2,(H,14,15). The first kappa shape index (κ1) is 9.70. The van der Waals surface area contributed by atoms with Crippen LogP contribution in [-0.2, 0) is 12.8 Å². The van der Waals surface area contributed by atoms with E-state index < -0.39 is 0 Å². The lowest BCUT2D eigenvalue weighted by molar-refractivity contribution is 0.472. The summed E-state index contributed by atoms with van der Waals surface area (Å²) in [7, 11) is 0. The van der Waals surface area contributed by atoms with Gasteiger partial charge in [-0.1, -0.05) is 0 Å². The van der Waals surface area contributed by atoms with E-state index in [1.165, 1.54) is 24.0 Å². The summed E-state index contributed by atoms with van der Waals surface area (Å²) in [5.74, 6) is 1.22. The number of benzene rings is 1. The van der Waals surface area contributed by atoms with Crippen LogP contribution >= 0.6 is 0 Å². The number of nitrogens with zero attached hydrogens (tertiary/aromatic N) is 1. The Morgan fingerprint density at radius 3 is 2.56 bits per heavy atom. The molecule has 0 bridgehead atoms. The molecule has 0 unspecified atom stereocenters. The van der Waals surface area contributed by atoms with Crippen molar-refractivity contribution in [3.8, 4) is 5.75 Å². The van der Waals surface area contributed by atoms with Gasteiger partial charge in [-0.3, -0.25) is 4.99 Å². The highest BCUT2D eigenvalue weighted by Crippen LogP contribution is 2.28. The number of amidine groups is 1. The van der Waals surface area contributed by atoms with E-state index in [4.69, 9.17) is 0 Å². The van der Waals surface area contributed by atoms with E-state index in [2.05, 4.69) is 16.4 Å². The van der Waals surface area contributed by atoms with E-state index in [0.29, 0.717) is 5.75 Å². The van der Waals surface area contributed by atoms with Gasteiger partial charge in [-0.05, 0) is 48.9 Å². The van der Waals surface area contributed by atoms with Crippen LogP contribution < -0.4 is 5.32 Å². The third kappa shape index (κ3) is 1.56. The number of hydrogen-bond donors (Lipinski definition) is 2. The molecule has 0 fully saturated rings. The predicted molar refractivity (Wildman–Crippen MR) is 64.2 cm³/mol. The Morgan fingerprint density at radius 1 is 1.12 bits per heavy atom. The van der Waals surface area contributed by atoms with E-state index in [1.807, 2.05) is 6.07 Å².